The van der Waals surface area contributed by atoms with Crippen LogP contribution in [-0.2, 0) is 0 Å². The zero-order valence-electron chi connectivity index (χ0n) is 15.1. The van der Waals surface area contributed by atoms with Crippen LogP contribution in [0.1, 0.15) is 17.3 Å². The predicted octanol–water partition coefficient (Wildman–Crippen LogP) is 6.64. The number of hydrogen-bond acceptors (Lipinski definition) is 3. The van der Waals surface area contributed by atoms with Crippen molar-refractivity contribution in [1.29, 1.82) is 5.26 Å². The molecule has 0 aliphatic heterocycles. The zero-order valence-corrected chi connectivity index (χ0v) is 16.7. The highest BCUT2D eigenvalue weighted by Gasteiger charge is 2.65. The molecular weight excluding hydrogens is 453 g/mol. The first-order valence-electron chi connectivity index (χ1n) is 7.95. The fourth-order valence-corrected chi connectivity index (χ4v) is 3.00. The summed E-state index contributed by atoms with van der Waals surface area (Å²) in [5.74, 6) is -0.890. The molecule has 2 aromatic carbocycles. The minimum absolute atomic E-state index is 0.0844. The highest BCUT2D eigenvalue weighted by Crippen LogP contribution is 3.02. The van der Waals surface area contributed by atoms with E-state index in [9.17, 15) is 29.5 Å². The molecule has 1 amide bonds. The second kappa shape index (κ2) is 7.04. The van der Waals surface area contributed by atoms with Gasteiger partial charge < -0.3 is 10.1 Å². The monoisotopic (exact) mass is 465 g/mol. The van der Waals surface area contributed by atoms with E-state index in [1.165, 1.54) is 25.1 Å². The highest BCUT2D eigenvalue weighted by molar-refractivity contribution is 8.45. The van der Waals surface area contributed by atoms with E-state index in [1.807, 2.05) is 0 Å². The number of benzene rings is 2. The van der Waals surface area contributed by atoms with E-state index in [0.29, 0.717) is 12.1 Å². The van der Waals surface area contributed by atoms with E-state index < -0.39 is 33.2 Å². The second-order valence-corrected chi connectivity index (χ2v) is 9.22. The van der Waals surface area contributed by atoms with Crippen molar-refractivity contribution >= 4 is 33.4 Å². The minimum Gasteiger partial charge on any atom is -0.490 e. The Morgan fingerprint density at radius 3 is 2.33 bits per heavy atom. The van der Waals surface area contributed by atoms with Gasteiger partial charge in [-0.3, -0.25) is 4.79 Å². The van der Waals surface area contributed by atoms with Crippen molar-refractivity contribution in [2.24, 2.45) is 0 Å². The third kappa shape index (κ3) is 5.75. The second-order valence-electron chi connectivity index (χ2n) is 6.41. The summed E-state index contributed by atoms with van der Waals surface area (Å²) < 4.78 is 69.2. The number of carbonyl (C=O) groups excluding carboxylic acids is 1. The summed E-state index contributed by atoms with van der Waals surface area (Å²) in [5, 5.41) is 11.8. The molecular formula is C18H13ClF5N3O2S. The van der Waals surface area contributed by atoms with Crippen LogP contribution in [0.3, 0.4) is 0 Å². The number of ether oxygens (including phenoxy) is 1. The summed E-state index contributed by atoms with van der Waals surface area (Å²) in [5.41, 5.74) is -1.79. The van der Waals surface area contributed by atoms with Crippen LogP contribution in [0.4, 0.5) is 25.1 Å². The maximum absolute atomic E-state index is 12.8. The van der Waals surface area contributed by atoms with Crippen molar-refractivity contribution in [2.75, 3.05) is 6.61 Å². The first-order valence-corrected chi connectivity index (χ1v) is 10.3. The highest BCUT2D eigenvalue weighted by atomic mass is 35.5. The molecule has 0 aromatic heterocycles. The number of nitriles is 1. The van der Waals surface area contributed by atoms with Gasteiger partial charge in [0.15, 0.2) is 11.2 Å². The van der Waals surface area contributed by atoms with Gasteiger partial charge in [0.05, 0.1) is 17.7 Å². The summed E-state index contributed by atoms with van der Waals surface area (Å²) >= 11 is 5.95. The third-order valence-corrected chi connectivity index (χ3v) is 5.23. The largest absolute Gasteiger partial charge is 0.490 e. The minimum atomic E-state index is -9.86. The lowest BCUT2D eigenvalue weighted by Gasteiger charge is -2.40. The lowest BCUT2D eigenvalue weighted by Crippen LogP contribution is -2.49. The molecule has 0 saturated heterocycles. The molecule has 1 N–H and O–H groups in total. The summed E-state index contributed by atoms with van der Waals surface area (Å²) in [6.45, 7) is 7.83. The fraction of sp³-hybridized carbons (Fsp3) is 0.167. The van der Waals surface area contributed by atoms with Gasteiger partial charge in [0, 0.05) is 5.56 Å². The van der Waals surface area contributed by atoms with Crippen LogP contribution in [-0.4, -0.2) is 18.1 Å². The molecule has 0 saturated carbocycles. The van der Waals surface area contributed by atoms with Crippen LogP contribution < -0.4 is 10.1 Å². The van der Waals surface area contributed by atoms with E-state index in [2.05, 4.69) is 10.2 Å². The Balaban J connectivity index is 2.16. The van der Waals surface area contributed by atoms with Crippen molar-refractivity contribution in [2.45, 2.75) is 17.4 Å². The maximum atomic E-state index is 12.8. The van der Waals surface area contributed by atoms with Gasteiger partial charge in [0.25, 0.3) is 5.91 Å². The molecule has 160 valence electrons. The van der Waals surface area contributed by atoms with Gasteiger partial charge >= 0.3 is 10.2 Å². The topological polar surface area (TPSA) is 66.5 Å². The number of hydrogen-bond donors (Lipinski definition) is 1. The fourth-order valence-electron chi connectivity index (χ4n) is 2.18. The van der Waals surface area contributed by atoms with Gasteiger partial charge in [-0.05, 0) is 37.3 Å². The molecule has 1 atom stereocenters. The Morgan fingerprint density at radius 1 is 1.23 bits per heavy atom. The van der Waals surface area contributed by atoms with Crippen molar-refractivity contribution in [3.8, 4) is 11.8 Å². The van der Waals surface area contributed by atoms with Gasteiger partial charge in [-0.1, -0.05) is 43.2 Å². The normalized spacial score (nSPS) is 15.5. The van der Waals surface area contributed by atoms with Crippen molar-refractivity contribution in [1.82, 2.24) is 5.32 Å². The Morgan fingerprint density at radius 2 is 1.83 bits per heavy atom. The first kappa shape index (κ1) is 23.3. The van der Waals surface area contributed by atoms with Crippen molar-refractivity contribution in [3.05, 3.63) is 64.5 Å². The molecule has 12 heteroatoms. The Kier molecular flexibility index (Phi) is 5.46. The molecule has 0 radical (unpaired) electrons. The standard InChI is InChI=1S/C18H13ClF5N3O2S/c1-18(10-25,11-29-16-9-13(26-2)5-8-15(16)19)27-17(28)12-3-6-14(7-4-12)30(20,21,22,23)24/h3-9H,11H2,1H3,(H,27,28). The summed E-state index contributed by atoms with van der Waals surface area (Å²) in [6, 6.07) is 7.34. The lowest BCUT2D eigenvalue weighted by atomic mass is 10.1. The molecule has 0 fully saturated rings. The summed E-state index contributed by atoms with van der Waals surface area (Å²) in [7, 11) is -9.86. The quantitative estimate of drug-likeness (QED) is 0.384. The smallest absolute Gasteiger partial charge is 0.310 e. The van der Waals surface area contributed by atoms with Crippen LogP contribution in [0.2, 0.25) is 5.02 Å². The average Bonchev–Trinajstić information content (AvgIpc) is 2.65. The molecule has 0 spiro atoms. The van der Waals surface area contributed by atoms with E-state index >= 15 is 0 Å². The van der Waals surface area contributed by atoms with Gasteiger partial charge in [0.1, 0.15) is 17.3 Å². The number of rotatable bonds is 6. The molecule has 2 rings (SSSR count). The summed E-state index contributed by atoms with van der Waals surface area (Å²) in [6.07, 6.45) is 0. The Bertz CT molecular complexity index is 1080. The average molecular weight is 466 g/mol. The number of carbonyl (C=O) groups is 1. The molecule has 0 aliphatic carbocycles. The zero-order chi connectivity index (χ0) is 22.9. The van der Waals surface area contributed by atoms with Gasteiger partial charge in [-0.2, -0.15) is 5.26 Å². The van der Waals surface area contributed by atoms with Crippen LogP contribution >= 0.6 is 21.8 Å². The van der Waals surface area contributed by atoms with Crippen LogP contribution in [0.25, 0.3) is 4.85 Å². The predicted molar refractivity (Wildman–Crippen MR) is 103 cm³/mol. The summed E-state index contributed by atoms with van der Waals surface area (Å²) in [4.78, 5) is 13.3. The van der Waals surface area contributed by atoms with Gasteiger partial charge in [-0.15, -0.1) is 0 Å². The van der Waals surface area contributed by atoms with E-state index in [4.69, 9.17) is 22.9 Å². The molecule has 1 unspecified atom stereocenters. The molecule has 30 heavy (non-hydrogen) atoms. The number of amides is 1. The molecule has 0 heterocycles. The SMILES string of the molecule is [C-]#[N+]c1ccc(Cl)c(OCC(C)(C#N)NC(=O)c2ccc(S(F)(F)(F)(F)F)cc2)c1. The first-order chi connectivity index (χ1) is 13.6. The van der Waals surface area contributed by atoms with E-state index in [1.54, 1.807) is 6.07 Å². The molecule has 0 aliphatic rings. The third-order valence-electron chi connectivity index (χ3n) is 3.76. The number of nitrogens with one attached hydrogen (secondary N) is 1. The van der Waals surface area contributed by atoms with Gasteiger partial charge in [0.2, 0.25) is 0 Å². The maximum Gasteiger partial charge on any atom is 0.310 e. The molecule has 5 nitrogen and oxygen atoms in total. The Labute approximate surface area is 173 Å². The number of nitrogens with zero attached hydrogens (tertiary/aromatic N) is 2. The van der Waals surface area contributed by atoms with Crippen molar-refractivity contribution in [3.63, 3.8) is 0 Å². The van der Waals surface area contributed by atoms with Crippen LogP contribution in [0.5, 0.6) is 5.75 Å². The lowest BCUT2D eigenvalue weighted by molar-refractivity contribution is 0.0901. The number of halogens is 6. The van der Waals surface area contributed by atoms with E-state index in [0.717, 1.165) is 0 Å². The Hall–Kier alpha value is -3.02. The molecule has 0 bridgehead atoms. The van der Waals surface area contributed by atoms with Crippen LogP contribution in [0.15, 0.2) is 47.4 Å². The molecule has 2 aromatic rings. The van der Waals surface area contributed by atoms with Gasteiger partial charge in [-0.25, -0.2) is 4.85 Å². The van der Waals surface area contributed by atoms with Crippen molar-refractivity contribution < 1.29 is 29.0 Å². The van der Waals surface area contributed by atoms with E-state index in [-0.39, 0.29) is 34.2 Å². The van der Waals surface area contributed by atoms with Crippen LogP contribution in [0, 0.1) is 17.9 Å².